The van der Waals surface area contributed by atoms with Crippen LogP contribution in [0.1, 0.15) is 6.92 Å². The highest BCUT2D eigenvalue weighted by atomic mass is 16.6. The van der Waals surface area contributed by atoms with Crippen LogP contribution >= 0.6 is 0 Å². The molecular formula is C20H23N3O5. The Balaban J connectivity index is 1.53. The molecule has 0 N–H and O–H groups in total. The maximum atomic E-state index is 12.7. The first kappa shape index (κ1) is 19.5. The Morgan fingerprint density at radius 1 is 1.00 bits per heavy atom. The number of amides is 1. The number of hydrogen-bond acceptors (Lipinski definition) is 6. The molecular weight excluding hydrogens is 362 g/mol. The van der Waals surface area contributed by atoms with Gasteiger partial charge in [-0.25, -0.2) is 0 Å². The van der Waals surface area contributed by atoms with Gasteiger partial charge in [0.1, 0.15) is 11.5 Å². The molecule has 3 rings (SSSR count). The van der Waals surface area contributed by atoms with E-state index in [1.807, 2.05) is 0 Å². The Bertz CT molecular complexity index is 815. The fourth-order valence-electron chi connectivity index (χ4n) is 3.14. The van der Waals surface area contributed by atoms with Crippen molar-refractivity contribution in [2.75, 3.05) is 38.2 Å². The van der Waals surface area contributed by atoms with E-state index < -0.39 is 11.0 Å². The van der Waals surface area contributed by atoms with E-state index in [0.717, 1.165) is 11.4 Å². The Kier molecular flexibility index (Phi) is 5.98. The van der Waals surface area contributed by atoms with Crippen LogP contribution in [0.5, 0.6) is 11.5 Å². The van der Waals surface area contributed by atoms with Gasteiger partial charge in [-0.15, -0.1) is 0 Å². The molecule has 1 aliphatic rings. The van der Waals surface area contributed by atoms with Gasteiger partial charge in [0.15, 0.2) is 6.10 Å². The number of piperazine rings is 1. The molecule has 0 bridgehead atoms. The molecule has 1 fully saturated rings. The van der Waals surface area contributed by atoms with Crippen molar-refractivity contribution in [3.63, 3.8) is 0 Å². The van der Waals surface area contributed by atoms with Gasteiger partial charge in [-0.1, -0.05) is 0 Å². The highest BCUT2D eigenvalue weighted by Crippen LogP contribution is 2.22. The zero-order valence-electron chi connectivity index (χ0n) is 15.9. The molecule has 1 atom stereocenters. The van der Waals surface area contributed by atoms with Crippen molar-refractivity contribution in [3.8, 4) is 11.5 Å². The van der Waals surface area contributed by atoms with E-state index in [4.69, 9.17) is 9.47 Å². The number of non-ortho nitro benzene ring substituents is 1. The van der Waals surface area contributed by atoms with Gasteiger partial charge in [-0.2, -0.15) is 0 Å². The van der Waals surface area contributed by atoms with Crippen LogP contribution in [-0.4, -0.2) is 55.1 Å². The van der Waals surface area contributed by atoms with Crippen molar-refractivity contribution in [2.24, 2.45) is 0 Å². The average Bonchev–Trinajstić information content (AvgIpc) is 2.74. The van der Waals surface area contributed by atoms with Crippen molar-refractivity contribution < 1.29 is 19.2 Å². The quantitative estimate of drug-likeness (QED) is 0.561. The number of benzene rings is 2. The predicted octanol–water partition coefficient (Wildman–Crippen LogP) is 2.72. The van der Waals surface area contributed by atoms with E-state index in [-0.39, 0.29) is 11.6 Å². The van der Waals surface area contributed by atoms with Gasteiger partial charge in [0, 0.05) is 44.0 Å². The lowest BCUT2D eigenvalue weighted by molar-refractivity contribution is -0.384. The van der Waals surface area contributed by atoms with E-state index in [1.165, 1.54) is 12.1 Å². The molecule has 1 unspecified atom stereocenters. The molecule has 28 heavy (non-hydrogen) atoms. The summed E-state index contributed by atoms with van der Waals surface area (Å²) in [6.45, 7) is 4.23. The number of rotatable bonds is 6. The van der Waals surface area contributed by atoms with Gasteiger partial charge < -0.3 is 19.3 Å². The highest BCUT2D eigenvalue weighted by Gasteiger charge is 2.26. The zero-order valence-corrected chi connectivity index (χ0v) is 15.9. The molecule has 0 aliphatic carbocycles. The van der Waals surface area contributed by atoms with Gasteiger partial charge >= 0.3 is 0 Å². The van der Waals surface area contributed by atoms with Crippen molar-refractivity contribution in [3.05, 3.63) is 58.6 Å². The molecule has 0 saturated carbocycles. The number of nitro benzene ring substituents is 1. The molecule has 1 saturated heterocycles. The van der Waals surface area contributed by atoms with Gasteiger partial charge in [-0.3, -0.25) is 14.9 Å². The number of carbonyl (C=O) groups is 1. The highest BCUT2D eigenvalue weighted by molar-refractivity contribution is 5.81. The molecule has 1 heterocycles. The summed E-state index contributed by atoms with van der Waals surface area (Å²) < 4.78 is 10.9. The molecule has 1 aliphatic heterocycles. The number of nitrogens with zero attached hydrogens (tertiary/aromatic N) is 3. The molecule has 8 nitrogen and oxygen atoms in total. The minimum Gasteiger partial charge on any atom is -0.497 e. The molecule has 1 amide bonds. The average molecular weight is 385 g/mol. The standard InChI is InChI=1S/C20H23N3O5/c1-15(28-19-9-7-18(27-2)8-10-19)20(24)22-13-11-21(12-14-22)16-3-5-17(6-4-16)23(25)26/h3-10,15H,11-14H2,1-2H3. The van der Waals surface area contributed by atoms with Crippen LogP contribution in [0.25, 0.3) is 0 Å². The Labute approximate surface area is 163 Å². The Morgan fingerprint density at radius 2 is 1.57 bits per heavy atom. The number of nitro groups is 1. The molecule has 148 valence electrons. The summed E-state index contributed by atoms with van der Waals surface area (Å²) in [6.07, 6.45) is -0.584. The summed E-state index contributed by atoms with van der Waals surface area (Å²) in [5.74, 6) is 1.29. The van der Waals surface area contributed by atoms with E-state index in [1.54, 1.807) is 55.3 Å². The minimum absolute atomic E-state index is 0.0563. The summed E-state index contributed by atoms with van der Waals surface area (Å²) in [5.41, 5.74) is 0.988. The van der Waals surface area contributed by atoms with Crippen LogP contribution in [0.2, 0.25) is 0 Å². The van der Waals surface area contributed by atoms with Crippen molar-refractivity contribution in [2.45, 2.75) is 13.0 Å². The van der Waals surface area contributed by atoms with Crippen LogP contribution in [0.4, 0.5) is 11.4 Å². The van der Waals surface area contributed by atoms with E-state index >= 15 is 0 Å². The van der Waals surface area contributed by atoms with Crippen LogP contribution in [0.15, 0.2) is 48.5 Å². The third kappa shape index (κ3) is 4.51. The predicted molar refractivity (Wildman–Crippen MR) is 105 cm³/mol. The number of carbonyl (C=O) groups excluding carboxylic acids is 1. The van der Waals surface area contributed by atoms with Crippen molar-refractivity contribution in [1.29, 1.82) is 0 Å². The molecule has 8 heteroatoms. The van der Waals surface area contributed by atoms with E-state index in [2.05, 4.69) is 4.90 Å². The molecule has 2 aromatic rings. The van der Waals surface area contributed by atoms with Crippen molar-refractivity contribution >= 4 is 17.3 Å². The Hall–Kier alpha value is -3.29. The second-order valence-electron chi connectivity index (χ2n) is 6.52. The van der Waals surface area contributed by atoms with Crippen LogP contribution in [-0.2, 0) is 4.79 Å². The summed E-state index contributed by atoms with van der Waals surface area (Å²) in [5, 5.41) is 10.8. The summed E-state index contributed by atoms with van der Waals surface area (Å²) in [4.78, 5) is 26.9. The third-order valence-corrected chi connectivity index (χ3v) is 4.74. The fraction of sp³-hybridized carbons (Fsp3) is 0.350. The minimum atomic E-state index is -0.584. The Morgan fingerprint density at radius 3 is 2.11 bits per heavy atom. The van der Waals surface area contributed by atoms with Gasteiger partial charge in [0.25, 0.3) is 11.6 Å². The van der Waals surface area contributed by atoms with Crippen molar-refractivity contribution in [1.82, 2.24) is 4.90 Å². The first-order chi connectivity index (χ1) is 13.5. The largest absolute Gasteiger partial charge is 0.497 e. The molecule has 0 spiro atoms. The van der Waals surface area contributed by atoms with Gasteiger partial charge in [0.05, 0.1) is 12.0 Å². The zero-order chi connectivity index (χ0) is 20.1. The van der Waals surface area contributed by atoms with Crippen LogP contribution < -0.4 is 14.4 Å². The summed E-state index contributed by atoms with van der Waals surface area (Å²) >= 11 is 0. The summed E-state index contributed by atoms with van der Waals surface area (Å²) in [7, 11) is 1.60. The SMILES string of the molecule is COc1ccc(OC(C)C(=O)N2CCN(c3ccc([N+](=O)[O-])cc3)CC2)cc1. The van der Waals surface area contributed by atoms with Gasteiger partial charge in [-0.05, 0) is 43.3 Å². The number of methoxy groups -OCH3 is 1. The van der Waals surface area contributed by atoms with Crippen LogP contribution in [0.3, 0.4) is 0 Å². The lowest BCUT2D eigenvalue weighted by Crippen LogP contribution is -2.52. The normalized spacial score (nSPS) is 15.1. The number of ether oxygens (including phenoxy) is 2. The smallest absolute Gasteiger partial charge is 0.269 e. The maximum Gasteiger partial charge on any atom is 0.269 e. The second-order valence-corrected chi connectivity index (χ2v) is 6.52. The second kappa shape index (κ2) is 8.60. The maximum absolute atomic E-state index is 12.7. The third-order valence-electron chi connectivity index (χ3n) is 4.74. The first-order valence-electron chi connectivity index (χ1n) is 9.07. The lowest BCUT2D eigenvalue weighted by atomic mass is 10.2. The monoisotopic (exact) mass is 385 g/mol. The van der Waals surface area contributed by atoms with E-state index in [0.29, 0.717) is 31.9 Å². The van der Waals surface area contributed by atoms with E-state index in [9.17, 15) is 14.9 Å². The molecule has 2 aromatic carbocycles. The molecule has 0 aromatic heterocycles. The topological polar surface area (TPSA) is 85.2 Å². The molecule has 0 radical (unpaired) electrons. The lowest BCUT2D eigenvalue weighted by Gasteiger charge is -2.37. The van der Waals surface area contributed by atoms with Crippen LogP contribution in [0, 0.1) is 10.1 Å². The number of hydrogen-bond donors (Lipinski definition) is 0. The fourth-order valence-corrected chi connectivity index (χ4v) is 3.14. The first-order valence-corrected chi connectivity index (χ1v) is 9.07. The summed E-state index contributed by atoms with van der Waals surface area (Å²) in [6, 6.07) is 13.6. The number of anilines is 1. The van der Waals surface area contributed by atoms with Gasteiger partial charge in [0.2, 0.25) is 0 Å².